The molecule has 1 atom stereocenters. The number of carbonyl (C=O) groups excluding carboxylic acids is 2. The highest BCUT2D eigenvalue weighted by Crippen LogP contribution is 2.22. The number of hydrogen-bond donors (Lipinski definition) is 1. The van der Waals surface area contributed by atoms with Crippen molar-refractivity contribution in [2.45, 2.75) is 72.4 Å². The van der Waals surface area contributed by atoms with Crippen LogP contribution in [0.1, 0.15) is 62.6 Å². The van der Waals surface area contributed by atoms with E-state index in [1.165, 1.54) is 10.6 Å². The highest BCUT2D eigenvalue weighted by molar-refractivity contribution is 7.92. The third kappa shape index (κ3) is 8.66. The first-order chi connectivity index (χ1) is 17.1. The lowest BCUT2D eigenvalue weighted by molar-refractivity contribution is -0.141. The number of benzene rings is 2. The summed E-state index contributed by atoms with van der Waals surface area (Å²) in [6, 6.07) is 14.6. The number of aryl methyl sites for hydroxylation is 2. The normalized spacial score (nSPS) is 12.1. The first-order valence-electron chi connectivity index (χ1n) is 12.7. The van der Waals surface area contributed by atoms with Gasteiger partial charge in [0.05, 0.1) is 11.9 Å². The second-order valence-corrected chi connectivity index (χ2v) is 11.2. The van der Waals surface area contributed by atoms with Crippen molar-refractivity contribution < 1.29 is 18.0 Å². The van der Waals surface area contributed by atoms with Crippen molar-refractivity contribution >= 4 is 27.5 Å². The highest BCUT2D eigenvalue weighted by atomic mass is 32.2. The molecule has 0 aromatic heterocycles. The Kier molecular flexibility index (Phi) is 11.4. The molecule has 0 fully saturated rings. The van der Waals surface area contributed by atoms with Crippen molar-refractivity contribution in [2.24, 2.45) is 0 Å². The number of nitrogens with one attached hydrogen (secondary N) is 1. The van der Waals surface area contributed by atoms with Crippen LogP contribution in [0.15, 0.2) is 48.5 Å². The topological polar surface area (TPSA) is 86.8 Å². The van der Waals surface area contributed by atoms with Crippen LogP contribution in [-0.2, 0) is 26.2 Å². The SMILES string of the molecule is CCCCNC(=O)[C@@H](CC)N(Cc1ccccc1)C(=O)CCCN(c1ccc(C)c(C)c1)S(C)(=O)=O. The van der Waals surface area contributed by atoms with Gasteiger partial charge in [0, 0.05) is 26.1 Å². The van der Waals surface area contributed by atoms with Crippen molar-refractivity contribution in [1.82, 2.24) is 10.2 Å². The Morgan fingerprint density at radius 2 is 1.67 bits per heavy atom. The molecular formula is C28H41N3O4S. The van der Waals surface area contributed by atoms with Gasteiger partial charge in [0.25, 0.3) is 0 Å². The van der Waals surface area contributed by atoms with Crippen LogP contribution in [-0.4, -0.2) is 50.5 Å². The quantitative estimate of drug-likeness (QED) is 0.373. The number of nitrogens with zero attached hydrogens (tertiary/aromatic N) is 2. The molecule has 0 aliphatic carbocycles. The molecule has 2 rings (SSSR count). The third-order valence-electron chi connectivity index (χ3n) is 6.34. The molecule has 2 amide bonds. The van der Waals surface area contributed by atoms with Crippen LogP contribution in [0.3, 0.4) is 0 Å². The van der Waals surface area contributed by atoms with Crippen LogP contribution in [0.2, 0.25) is 0 Å². The minimum absolute atomic E-state index is 0.141. The van der Waals surface area contributed by atoms with Crippen LogP contribution >= 0.6 is 0 Å². The molecule has 36 heavy (non-hydrogen) atoms. The molecule has 0 aliphatic rings. The molecule has 2 aromatic carbocycles. The van der Waals surface area contributed by atoms with Crippen LogP contribution in [0.5, 0.6) is 0 Å². The molecule has 0 bridgehead atoms. The van der Waals surface area contributed by atoms with E-state index in [0.29, 0.717) is 31.6 Å². The van der Waals surface area contributed by atoms with E-state index in [2.05, 4.69) is 12.2 Å². The summed E-state index contributed by atoms with van der Waals surface area (Å²) in [6.45, 7) is 8.98. The van der Waals surface area contributed by atoms with Crippen molar-refractivity contribution in [3.05, 3.63) is 65.2 Å². The van der Waals surface area contributed by atoms with Gasteiger partial charge in [0.15, 0.2) is 0 Å². The second-order valence-electron chi connectivity index (χ2n) is 9.28. The van der Waals surface area contributed by atoms with Gasteiger partial charge in [0.1, 0.15) is 6.04 Å². The minimum Gasteiger partial charge on any atom is -0.354 e. The molecular weight excluding hydrogens is 474 g/mol. The van der Waals surface area contributed by atoms with Gasteiger partial charge in [-0.15, -0.1) is 0 Å². The lowest BCUT2D eigenvalue weighted by atomic mass is 10.1. The summed E-state index contributed by atoms with van der Waals surface area (Å²) in [4.78, 5) is 28.0. The lowest BCUT2D eigenvalue weighted by Crippen LogP contribution is -2.49. The summed E-state index contributed by atoms with van der Waals surface area (Å²) in [5.74, 6) is -0.312. The van der Waals surface area contributed by atoms with Gasteiger partial charge in [-0.25, -0.2) is 8.42 Å². The maximum Gasteiger partial charge on any atom is 0.242 e. The number of sulfonamides is 1. The van der Waals surface area contributed by atoms with E-state index < -0.39 is 16.1 Å². The molecule has 2 aromatic rings. The zero-order valence-electron chi connectivity index (χ0n) is 22.3. The maximum absolute atomic E-state index is 13.4. The summed E-state index contributed by atoms with van der Waals surface area (Å²) >= 11 is 0. The van der Waals surface area contributed by atoms with Crippen molar-refractivity contribution in [3.63, 3.8) is 0 Å². The smallest absolute Gasteiger partial charge is 0.242 e. The Labute approximate surface area is 216 Å². The molecule has 0 heterocycles. The minimum atomic E-state index is -3.52. The van der Waals surface area contributed by atoms with E-state index >= 15 is 0 Å². The molecule has 0 aliphatic heterocycles. The van der Waals surface area contributed by atoms with Gasteiger partial charge in [-0.2, -0.15) is 0 Å². The molecule has 198 valence electrons. The fourth-order valence-corrected chi connectivity index (χ4v) is 5.05. The number of unbranched alkanes of at least 4 members (excludes halogenated alkanes) is 1. The zero-order valence-corrected chi connectivity index (χ0v) is 23.1. The Bertz CT molecular complexity index is 1100. The average molecular weight is 516 g/mol. The van der Waals surface area contributed by atoms with E-state index in [1.54, 1.807) is 11.0 Å². The summed E-state index contributed by atoms with van der Waals surface area (Å²) < 4.78 is 26.4. The number of anilines is 1. The van der Waals surface area contributed by atoms with E-state index in [-0.39, 0.29) is 24.8 Å². The van der Waals surface area contributed by atoms with Crippen LogP contribution in [0.25, 0.3) is 0 Å². The standard InChI is InChI=1S/C28H41N3O4S/c1-6-8-18-29-28(33)26(7-2)30(21-24-13-10-9-11-14-24)27(32)15-12-19-31(36(5,34)35)25-17-16-22(3)23(4)20-25/h9-11,13-14,16-17,20,26H,6-8,12,15,18-19,21H2,1-5H3,(H,29,33)/t26-/m1/s1. The molecule has 1 N–H and O–H groups in total. The predicted molar refractivity (Wildman–Crippen MR) is 146 cm³/mol. The number of amides is 2. The largest absolute Gasteiger partial charge is 0.354 e. The summed E-state index contributed by atoms with van der Waals surface area (Å²) in [5.41, 5.74) is 3.63. The molecule has 7 nitrogen and oxygen atoms in total. The van der Waals surface area contributed by atoms with Gasteiger partial charge in [0.2, 0.25) is 21.8 Å². The molecule has 8 heteroatoms. The van der Waals surface area contributed by atoms with Gasteiger partial charge in [-0.05, 0) is 61.9 Å². The first kappa shape index (κ1) is 29.4. The summed E-state index contributed by atoms with van der Waals surface area (Å²) in [6.07, 6.45) is 4.02. The van der Waals surface area contributed by atoms with Crippen molar-refractivity contribution in [1.29, 1.82) is 0 Å². The van der Waals surface area contributed by atoms with E-state index in [0.717, 1.165) is 29.5 Å². The molecule has 0 saturated heterocycles. The predicted octanol–water partition coefficient (Wildman–Crippen LogP) is 4.57. The number of rotatable bonds is 14. The Morgan fingerprint density at radius 1 is 0.972 bits per heavy atom. The van der Waals surface area contributed by atoms with Gasteiger partial charge < -0.3 is 10.2 Å². The lowest BCUT2D eigenvalue weighted by Gasteiger charge is -2.31. The summed E-state index contributed by atoms with van der Waals surface area (Å²) in [5, 5.41) is 2.96. The zero-order chi connectivity index (χ0) is 26.7. The highest BCUT2D eigenvalue weighted by Gasteiger charge is 2.28. The molecule has 0 radical (unpaired) electrons. The summed E-state index contributed by atoms with van der Waals surface area (Å²) in [7, 11) is -3.52. The van der Waals surface area contributed by atoms with E-state index in [1.807, 2.05) is 63.2 Å². The van der Waals surface area contributed by atoms with Crippen LogP contribution in [0.4, 0.5) is 5.69 Å². The number of hydrogen-bond acceptors (Lipinski definition) is 4. The van der Waals surface area contributed by atoms with Crippen LogP contribution < -0.4 is 9.62 Å². The fraction of sp³-hybridized carbons (Fsp3) is 0.500. The van der Waals surface area contributed by atoms with Gasteiger partial charge >= 0.3 is 0 Å². The molecule has 0 saturated carbocycles. The van der Waals surface area contributed by atoms with Crippen molar-refractivity contribution in [3.8, 4) is 0 Å². The Morgan fingerprint density at radius 3 is 2.25 bits per heavy atom. The van der Waals surface area contributed by atoms with Gasteiger partial charge in [-0.1, -0.05) is 56.7 Å². The van der Waals surface area contributed by atoms with Gasteiger partial charge in [-0.3, -0.25) is 13.9 Å². The first-order valence-corrected chi connectivity index (χ1v) is 14.6. The Balaban J connectivity index is 2.18. The molecule has 0 unspecified atom stereocenters. The monoisotopic (exact) mass is 515 g/mol. The fourth-order valence-electron chi connectivity index (χ4n) is 4.09. The second kappa shape index (κ2) is 14.0. The van der Waals surface area contributed by atoms with E-state index in [4.69, 9.17) is 0 Å². The number of carbonyl (C=O) groups is 2. The van der Waals surface area contributed by atoms with E-state index in [9.17, 15) is 18.0 Å². The maximum atomic E-state index is 13.4. The Hall–Kier alpha value is -2.87. The molecule has 0 spiro atoms. The average Bonchev–Trinajstić information content (AvgIpc) is 2.83. The third-order valence-corrected chi connectivity index (χ3v) is 7.54. The van der Waals surface area contributed by atoms with Crippen molar-refractivity contribution in [2.75, 3.05) is 23.7 Å². The van der Waals surface area contributed by atoms with Crippen LogP contribution in [0, 0.1) is 13.8 Å².